The minimum atomic E-state index is -4.18. The van der Waals surface area contributed by atoms with Gasteiger partial charge in [-0.1, -0.05) is 60.9 Å². The van der Waals surface area contributed by atoms with Gasteiger partial charge in [-0.25, -0.2) is 8.42 Å². The van der Waals surface area contributed by atoms with Crippen LogP contribution in [-0.4, -0.2) is 58.0 Å². The lowest BCUT2D eigenvalue weighted by Crippen LogP contribution is -2.52. The Hall–Kier alpha value is -4.05. The number of hydrogen-bond acceptors (Lipinski definition) is 6. The Morgan fingerprint density at radius 2 is 1.62 bits per heavy atom. The van der Waals surface area contributed by atoms with Crippen molar-refractivity contribution in [2.45, 2.75) is 63.1 Å². The number of benzene rings is 3. The SMILES string of the molecule is COc1ccc(N(CC(=O)N(Cc2cccc(C)c2)[C@@H](C)C(=O)NC2CCCC2)S(=O)(=O)c2ccccc2)cc1OC. The highest BCUT2D eigenvalue weighted by Crippen LogP contribution is 2.34. The molecular weight excluding hydrogens is 554 g/mol. The number of methoxy groups -OCH3 is 2. The maximum atomic E-state index is 14.1. The molecule has 0 heterocycles. The van der Waals surface area contributed by atoms with Crippen LogP contribution in [-0.2, 0) is 26.2 Å². The summed E-state index contributed by atoms with van der Waals surface area (Å²) in [4.78, 5) is 29.0. The minimum absolute atomic E-state index is 0.0323. The molecule has 42 heavy (non-hydrogen) atoms. The van der Waals surface area contributed by atoms with E-state index < -0.39 is 28.5 Å². The molecule has 9 nitrogen and oxygen atoms in total. The van der Waals surface area contributed by atoms with Crippen molar-refractivity contribution in [1.29, 1.82) is 0 Å². The molecule has 1 atom stereocenters. The molecule has 1 saturated carbocycles. The van der Waals surface area contributed by atoms with Crippen LogP contribution in [0.25, 0.3) is 0 Å². The average molecular weight is 594 g/mol. The molecule has 1 aliphatic rings. The van der Waals surface area contributed by atoms with Crippen molar-refractivity contribution in [2.24, 2.45) is 0 Å². The summed E-state index contributed by atoms with van der Waals surface area (Å²) in [5.74, 6) is -0.0362. The molecule has 3 aromatic rings. The first-order chi connectivity index (χ1) is 20.1. The van der Waals surface area contributed by atoms with Crippen LogP contribution in [0, 0.1) is 6.92 Å². The van der Waals surface area contributed by atoms with Gasteiger partial charge in [0.2, 0.25) is 11.8 Å². The van der Waals surface area contributed by atoms with Gasteiger partial charge in [0.1, 0.15) is 12.6 Å². The van der Waals surface area contributed by atoms with Gasteiger partial charge >= 0.3 is 0 Å². The number of carbonyl (C=O) groups excluding carboxylic acids is 2. The monoisotopic (exact) mass is 593 g/mol. The van der Waals surface area contributed by atoms with Gasteiger partial charge in [-0.3, -0.25) is 13.9 Å². The van der Waals surface area contributed by atoms with Crippen molar-refractivity contribution >= 4 is 27.5 Å². The highest BCUT2D eigenvalue weighted by Gasteiger charge is 2.33. The predicted octanol–water partition coefficient (Wildman–Crippen LogP) is 4.68. The number of ether oxygens (including phenoxy) is 2. The summed E-state index contributed by atoms with van der Waals surface area (Å²) < 4.78 is 39.8. The van der Waals surface area contributed by atoms with Crippen molar-refractivity contribution < 1.29 is 27.5 Å². The Labute approximate surface area is 248 Å². The van der Waals surface area contributed by atoms with Gasteiger partial charge in [0.25, 0.3) is 10.0 Å². The standard InChI is InChI=1S/C32H39N3O6S/c1-23-11-10-12-25(19-23)21-34(24(2)32(37)33-26-13-8-9-14-26)31(36)22-35(42(38,39)28-15-6-5-7-16-28)27-17-18-29(40-3)30(20-27)41-4/h5-7,10-12,15-20,24,26H,8-9,13-14,21-22H2,1-4H3,(H,33,37)/t24-/m0/s1. The van der Waals surface area contributed by atoms with E-state index in [0.29, 0.717) is 11.5 Å². The molecule has 224 valence electrons. The molecule has 0 aliphatic heterocycles. The summed E-state index contributed by atoms with van der Waals surface area (Å²) in [7, 11) is -1.24. The maximum Gasteiger partial charge on any atom is 0.264 e. The molecule has 0 aromatic heterocycles. The molecule has 1 fully saturated rings. The zero-order chi connectivity index (χ0) is 30.3. The second-order valence-corrected chi connectivity index (χ2v) is 12.4. The number of sulfonamides is 1. The molecule has 0 unspecified atom stereocenters. The van der Waals surface area contributed by atoms with E-state index >= 15 is 0 Å². The van der Waals surface area contributed by atoms with Gasteiger partial charge in [-0.15, -0.1) is 0 Å². The van der Waals surface area contributed by atoms with Gasteiger partial charge in [-0.2, -0.15) is 0 Å². The smallest absolute Gasteiger partial charge is 0.264 e. The number of nitrogens with one attached hydrogen (secondary N) is 1. The predicted molar refractivity (Wildman–Crippen MR) is 162 cm³/mol. The summed E-state index contributed by atoms with van der Waals surface area (Å²) in [6.45, 7) is 3.26. The second kappa shape index (κ2) is 13.7. The third-order valence-corrected chi connectivity index (χ3v) is 9.36. The zero-order valence-corrected chi connectivity index (χ0v) is 25.4. The fourth-order valence-corrected chi connectivity index (χ4v) is 6.64. The molecule has 0 saturated heterocycles. The van der Waals surface area contributed by atoms with Gasteiger partial charge in [0, 0.05) is 18.7 Å². The number of nitrogens with zero attached hydrogens (tertiary/aromatic N) is 2. The van der Waals surface area contributed by atoms with E-state index in [9.17, 15) is 18.0 Å². The van der Waals surface area contributed by atoms with Crippen LogP contribution in [0.15, 0.2) is 77.7 Å². The Balaban J connectivity index is 1.72. The van der Waals surface area contributed by atoms with Gasteiger partial charge < -0.3 is 19.7 Å². The first-order valence-corrected chi connectivity index (χ1v) is 15.5. The van der Waals surface area contributed by atoms with E-state index in [1.165, 1.54) is 37.3 Å². The quantitative estimate of drug-likeness (QED) is 0.327. The van der Waals surface area contributed by atoms with Crippen LogP contribution in [0.1, 0.15) is 43.7 Å². The first-order valence-electron chi connectivity index (χ1n) is 14.1. The summed E-state index contributed by atoms with van der Waals surface area (Å²) in [6.07, 6.45) is 3.94. The molecule has 2 amide bonds. The largest absolute Gasteiger partial charge is 0.493 e. The normalized spacial score (nSPS) is 14.2. The van der Waals surface area contributed by atoms with Crippen LogP contribution in [0.2, 0.25) is 0 Å². The number of amides is 2. The van der Waals surface area contributed by atoms with Gasteiger partial charge in [0.05, 0.1) is 24.8 Å². The van der Waals surface area contributed by atoms with Crippen molar-refractivity contribution in [3.63, 3.8) is 0 Å². The molecule has 0 spiro atoms. The summed E-state index contributed by atoms with van der Waals surface area (Å²) in [5.41, 5.74) is 2.08. The Bertz CT molecular complexity index is 1490. The Kier molecular flexibility index (Phi) is 10.1. The van der Waals surface area contributed by atoms with Crippen LogP contribution in [0.4, 0.5) is 5.69 Å². The number of hydrogen-bond donors (Lipinski definition) is 1. The third kappa shape index (κ3) is 7.23. The summed E-state index contributed by atoms with van der Waals surface area (Å²) in [5, 5.41) is 3.08. The van der Waals surface area contributed by atoms with Crippen molar-refractivity contribution in [2.75, 3.05) is 25.1 Å². The Morgan fingerprint density at radius 3 is 2.26 bits per heavy atom. The van der Waals surface area contributed by atoms with Gasteiger partial charge in [0.15, 0.2) is 11.5 Å². The number of rotatable bonds is 12. The summed E-state index contributed by atoms with van der Waals surface area (Å²) in [6, 6.07) is 19.6. The third-order valence-electron chi connectivity index (χ3n) is 7.57. The van der Waals surface area contributed by atoms with Crippen LogP contribution >= 0.6 is 0 Å². The van der Waals surface area contributed by atoms with Crippen LogP contribution < -0.4 is 19.1 Å². The van der Waals surface area contributed by atoms with Crippen molar-refractivity contribution in [3.8, 4) is 11.5 Å². The van der Waals surface area contributed by atoms with E-state index in [2.05, 4.69) is 5.32 Å². The number of anilines is 1. The van der Waals surface area contributed by atoms with E-state index in [4.69, 9.17) is 9.47 Å². The van der Waals surface area contributed by atoms with E-state index in [-0.39, 0.29) is 29.1 Å². The fraction of sp³-hybridized carbons (Fsp3) is 0.375. The van der Waals surface area contributed by atoms with E-state index in [1.807, 2.05) is 31.2 Å². The average Bonchev–Trinajstić information content (AvgIpc) is 3.51. The molecular formula is C32H39N3O6S. The van der Waals surface area contributed by atoms with Crippen LogP contribution in [0.3, 0.4) is 0 Å². The second-order valence-electron chi connectivity index (χ2n) is 10.5. The minimum Gasteiger partial charge on any atom is -0.493 e. The Morgan fingerprint density at radius 1 is 0.929 bits per heavy atom. The molecule has 0 radical (unpaired) electrons. The highest BCUT2D eigenvalue weighted by molar-refractivity contribution is 7.92. The van der Waals surface area contributed by atoms with Gasteiger partial charge in [-0.05, 0) is 56.5 Å². The lowest BCUT2D eigenvalue weighted by Gasteiger charge is -2.32. The zero-order valence-electron chi connectivity index (χ0n) is 24.6. The molecule has 0 bridgehead atoms. The fourth-order valence-electron chi connectivity index (χ4n) is 5.21. The lowest BCUT2D eigenvalue weighted by atomic mass is 10.1. The molecule has 1 N–H and O–H groups in total. The maximum absolute atomic E-state index is 14.1. The van der Waals surface area contributed by atoms with Crippen molar-refractivity contribution in [3.05, 3.63) is 83.9 Å². The molecule has 3 aromatic carbocycles. The molecule has 10 heteroatoms. The molecule has 1 aliphatic carbocycles. The van der Waals surface area contributed by atoms with Crippen LogP contribution in [0.5, 0.6) is 11.5 Å². The van der Waals surface area contributed by atoms with E-state index in [1.54, 1.807) is 37.3 Å². The van der Waals surface area contributed by atoms with Crippen molar-refractivity contribution in [1.82, 2.24) is 10.2 Å². The lowest BCUT2D eigenvalue weighted by molar-refractivity contribution is -0.139. The first kappa shape index (κ1) is 30.9. The topological polar surface area (TPSA) is 105 Å². The number of carbonyl (C=O) groups is 2. The summed E-state index contributed by atoms with van der Waals surface area (Å²) >= 11 is 0. The highest BCUT2D eigenvalue weighted by atomic mass is 32.2. The van der Waals surface area contributed by atoms with E-state index in [0.717, 1.165) is 41.1 Å². The number of aryl methyl sites for hydroxylation is 1. The molecule has 4 rings (SSSR count).